The van der Waals surface area contributed by atoms with Crippen molar-refractivity contribution in [3.05, 3.63) is 24.8 Å². The highest BCUT2D eigenvalue weighted by Gasteiger charge is 2.08. The second-order valence-corrected chi connectivity index (χ2v) is 4.16. The second-order valence-electron chi connectivity index (χ2n) is 4.16. The predicted molar refractivity (Wildman–Crippen MR) is 57.9 cm³/mol. The monoisotopic (exact) mass is 183 g/mol. The predicted octanol–water partition coefficient (Wildman–Crippen LogP) is 2.13. The minimum atomic E-state index is 0.140. The van der Waals surface area contributed by atoms with Crippen LogP contribution < -0.4 is 5.32 Å². The molecule has 0 radical (unpaired) electrons. The summed E-state index contributed by atoms with van der Waals surface area (Å²) in [4.78, 5) is 0. The summed E-state index contributed by atoms with van der Waals surface area (Å²) < 4.78 is 5.25. The van der Waals surface area contributed by atoms with E-state index >= 15 is 0 Å². The maximum atomic E-state index is 5.25. The SMILES string of the molecule is C=CCOCC(=C)CNC(C)(C)C. The van der Waals surface area contributed by atoms with Crippen molar-refractivity contribution in [2.24, 2.45) is 0 Å². The van der Waals surface area contributed by atoms with Crippen LogP contribution in [0.1, 0.15) is 20.8 Å². The molecule has 0 aliphatic heterocycles. The van der Waals surface area contributed by atoms with Crippen LogP contribution in [0.2, 0.25) is 0 Å². The molecule has 2 heteroatoms. The lowest BCUT2D eigenvalue weighted by Crippen LogP contribution is -2.37. The number of ether oxygens (including phenoxy) is 1. The smallest absolute Gasteiger partial charge is 0.0690 e. The molecule has 0 rings (SSSR count). The molecule has 0 saturated carbocycles. The van der Waals surface area contributed by atoms with Crippen molar-refractivity contribution in [3.8, 4) is 0 Å². The van der Waals surface area contributed by atoms with E-state index in [2.05, 4.69) is 39.2 Å². The minimum Gasteiger partial charge on any atom is -0.373 e. The first-order valence-electron chi connectivity index (χ1n) is 4.56. The summed E-state index contributed by atoms with van der Waals surface area (Å²) in [6.45, 7) is 15.9. The van der Waals surface area contributed by atoms with E-state index in [1.165, 1.54) is 0 Å². The van der Waals surface area contributed by atoms with Gasteiger partial charge in [0.1, 0.15) is 0 Å². The zero-order valence-corrected chi connectivity index (χ0v) is 9.02. The molecule has 0 heterocycles. The van der Waals surface area contributed by atoms with Crippen molar-refractivity contribution in [2.75, 3.05) is 19.8 Å². The molecule has 0 atom stereocenters. The lowest BCUT2D eigenvalue weighted by atomic mass is 10.1. The molecule has 0 aromatic rings. The first kappa shape index (κ1) is 12.4. The zero-order chi connectivity index (χ0) is 10.3. The highest BCUT2D eigenvalue weighted by molar-refractivity contribution is 4.98. The minimum absolute atomic E-state index is 0.140. The van der Waals surface area contributed by atoms with Gasteiger partial charge in [0.05, 0.1) is 13.2 Å². The molecule has 0 saturated heterocycles. The Hall–Kier alpha value is -0.600. The number of hydrogen-bond donors (Lipinski definition) is 1. The average Bonchev–Trinajstić information content (AvgIpc) is 2.00. The van der Waals surface area contributed by atoms with Crippen LogP contribution >= 0.6 is 0 Å². The van der Waals surface area contributed by atoms with Crippen LogP contribution in [-0.4, -0.2) is 25.3 Å². The summed E-state index contributed by atoms with van der Waals surface area (Å²) >= 11 is 0. The highest BCUT2D eigenvalue weighted by Crippen LogP contribution is 2.00. The first-order valence-corrected chi connectivity index (χ1v) is 4.56. The number of nitrogens with one attached hydrogen (secondary N) is 1. The van der Waals surface area contributed by atoms with Gasteiger partial charge in [0.15, 0.2) is 0 Å². The van der Waals surface area contributed by atoms with Gasteiger partial charge in [0.2, 0.25) is 0 Å². The van der Waals surface area contributed by atoms with Gasteiger partial charge in [0, 0.05) is 12.1 Å². The van der Waals surface area contributed by atoms with Gasteiger partial charge >= 0.3 is 0 Å². The fourth-order valence-corrected chi connectivity index (χ4v) is 0.728. The van der Waals surface area contributed by atoms with Crippen molar-refractivity contribution in [2.45, 2.75) is 26.3 Å². The Labute approximate surface area is 81.7 Å². The number of rotatable bonds is 6. The van der Waals surface area contributed by atoms with Crippen LogP contribution in [0, 0.1) is 0 Å². The number of hydrogen-bond acceptors (Lipinski definition) is 2. The topological polar surface area (TPSA) is 21.3 Å². The Kier molecular flexibility index (Phi) is 5.67. The Balaban J connectivity index is 3.46. The third kappa shape index (κ3) is 9.31. The molecule has 2 nitrogen and oxygen atoms in total. The Bertz CT molecular complexity index is 167. The van der Waals surface area contributed by atoms with Crippen molar-refractivity contribution in [1.82, 2.24) is 5.32 Å². The van der Waals surface area contributed by atoms with Crippen LogP contribution in [0.4, 0.5) is 0 Å². The fraction of sp³-hybridized carbons (Fsp3) is 0.636. The van der Waals surface area contributed by atoms with Gasteiger partial charge in [-0.2, -0.15) is 0 Å². The first-order chi connectivity index (χ1) is 5.95. The maximum absolute atomic E-state index is 5.25. The van der Waals surface area contributed by atoms with E-state index in [9.17, 15) is 0 Å². The lowest BCUT2D eigenvalue weighted by Gasteiger charge is -2.21. The van der Waals surface area contributed by atoms with Crippen LogP contribution in [0.15, 0.2) is 24.8 Å². The van der Waals surface area contributed by atoms with Crippen LogP contribution in [0.5, 0.6) is 0 Å². The van der Waals surface area contributed by atoms with Gasteiger partial charge in [-0.3, -0.25) is 0 Å². The molecular weight excluding hydrogens is 162 g/mol. The lowest BCUT2D eigenvalue weighted by molar-refractivity contribution is 0.184. The van der Waals surface area contributed by atoms with E-state index < -0.39 is 0 Å². The van der Waals surface area contributed by atoms with E-state index in [1.807, 2.05) is 0 Å². The molecule has 1 N–H and O–H groups in total. The molecule has 0 unspecified atom stereocenters. The molecule has 0 bridgehead atoms. The Morgan fingerprint density at radius 2 is 2.08 bits per heavy atom. The van der Waals surface area contributed by atoms with Crippen LogP contribution in [-0.2, 0) is 4.74 Å². The zero-order valence-electron chi connectivity index (χ0n) is 9.02. The molecular formula is C11H21NO. The van der Waals surface area contributed by atoms with Gasteiger partial charge in [-0.05, 0) is 26.3 Å². The van der Waals surface area contributed by atoms with E-state index in [0.29, 0.717) is 13.2 Å². The maximum Gasteiger partial charge on any atom is 0.0690 e. The van der Waals surface area contributed by atoms with Gasteiger partial charge in [-0.15, -0.1) is 6.58 Å². The van der Waals surface area contributed by atoms with E-state index in [1.54, 1.807) is 6.08 Å². The van der Waals surface area contributed by atoms with E-state index in [-0.39, 0.29) is 5.54 Å². The summed E-state index contributed by atoms with van der Waals surface area (Å²) in [7, 11) is 0. The highest BCUT2D eigenvalue weighted by atomic mass is 16.5. The standard InChI is InChI=1S/C11H21NO/c1-6-7-13-9-10(2)8-12-11(3,4)5/h6,12H,1-2,7-9H2,3-5H3. The second kappa shape index (κ2) is 5.95. The molecule has 0 aromatic carbocycles. The summed E-state index contributed by atoms with van der Waals surface area (Å²) in [5, 5.41) is 3.34. The average molecular weight is 183 g/mol. The Morgan fingerprint density at radius 1 is 1.46 bits per heavy atom. The summed E-state index contributed by atoms with van der Waals surface area (Å²) in [5.74, 6) is 0. The third-order valence-electron chi connectivity index (χ3n) is 1.41. The molecule has 76 valence electrons. The molecule has 0 fully saturated rings. The molecule has 0 spiro atoms. The van der Waals surface area contributed by atoms with Crippen molar-refractivity contribution >= 4 is 0 Å². The van der Waals surface area contributed by atoms with E-state index in [4.69, 9.17) is 4.74 Å². The van der Waals surface area contributed by atoms with Crippen LogP contribution in [0.25, 0.3) is 0 Å². The molecule has 0 amide bonds. The van der Waals surface area contributed by atoms with Gasteiger partial charge in [-0.1, -0.05) is 12.7 Å². The van der Waals surface area contributed by atoms with Gasteiger partial charge in [-0.25, -0.2) is 0 Å². The molecule has 0 aromatic heterocycles. The van der Waals surface area contributed by atoms with Crippen molar-refractivity contribution < 1.29 is 4.74 Å². The van der Waals surface area contributed by atoms with Crippen molar-refractivity contribution in [1.29, 1.82) is 0 Å². The molecule has 0 aliphatic rings. The van der Waals surface area contributed by atoms with Crippen molar-refractivity contribution in [3.63, 3.8) is 0 Å². The third-order valence-corrected chi connectivity index (χ3v) is 1.41. The van der Waals surface area contributed by atoms with E-state index in [0.717, 1.165) is 12.1 Å². The largest absolute Gasteiger partial charge is 0.373 e. The summed E-state index contributed by atoms with van der Waals surface area (Å²) in [5.41, 5.74) is 1.21. The van der Waals surface area contributed by atoms with Gasteiger partial charge in [0.25, 0.3) is 0 Å². The van der Waals surface area contributed by atoms with Gasteiger partial charge < -0.3 is 10.1 Å². The van der Waals surface area contributed by atoms with Crippen LogP contribution in [0.3, 0.4) is 0 Å². The quantitative estimate of drug-likeness (QED) is 0.503. The molecule has 0 aliphatic carbocycles. The molecule has 13 heavy (non-hydrogen) atoms. The summed E-state index contributed by atoms with van der Waals surface area (Å²) in [6.07, 6.45) is 1.74. The fourth-order valence-electron chi connectivity index (χ4n) is 0.728. The summed E-state index contributed by atoms with van der Waals surface area (Å²) in [6, 6.07) is 0. The normalized spacial score (nSPS) is 11.3. The Morgan fingerprint density at radius 3 is 2.54 bits per heavy atom.